The molecule has 1 fully saturated rings. The van der Waals surface area contributed by atoms with Gasteiger partial charge in [0, 0.05) is 12.8 Å². The van der Waals surface area contributed by atoms with Crippen molar-refractivity contribution in [1.29, 1.82) is 0 Å². The SMILES string of the molecule is CCNCC#CCCC(=O)[C@@](O)(c1ccccc1)C1CC1. The Morgan fingerprint density at radius 1 is 1.33 bits per heavy atom. The molecule has 1 aromatic carbocycles. The molecule has 2 rings (SSSR count). The van der Waals surface area contributed by atoms with Crippen molar-refractivity contribution in [3.05, 3.63) is 35.9 Å². The molecular formula is C18H23NO2. The lowest BCUT2D eigenvalue weighted by atomic mass is 9.83. The molecule has 0 saturated heterocycles. The molecule has 0 spiro atoms. The van der Waals surface area contributed by atoms with Crippen LogP contribution in [0.3, 0.4) is 0 Å². The predicted octanol–water partition coefficient (Wildman–Crippen LogP) is 2.25. The summed E-state index contributed by atoms with van der Waals surface area (Å²) in [5.74, 6) is 5.94. The van der Waals surface area contributed by atoms with E-state index in [2.05, 4.69) is 17.2 Å². The van der Waals surface area contributed by atoms with Crippen LogP contribution in [0.2, 0.25) is 0 Å². The first kappa shape index (κ1) is 15.8. The normalized spacial score (nSPS) is 16.7. The molecule has 112 valence electrons. The molecule has 21 heavy (non-hydrogen) atoms. The summed E-state index contributed by atoms with van der Waals surface area (Å²) in [7, 11) is 0. The average Bonchev–Trinajstić information content (AvgIpc) is 3.35. The Balaban J connectivity index is 1.98. The standard InChI is InChI=1S/C18H23NO2/c1-2-19-14-8-4-7-11-17(20)18(21,16-12-13-16)15-9-5-3-6-10-15/h3,5-6,9-10,16,19,21H,2,7,11-14H2,1H3/t18-/m1/s1. The maximum absolute atomic E-state index is 12.5. The number of aliphatic hydroxyl groups is 1. The largest absolute Gasteiger partial charge is 0.377 e. The van der Waals surface area contributed by atoms with Crippen LogP contribution in [-0.4, -0.2) is 24.0 Å². The van der Waals surface area contributed by atoms with Gasteiger partial charge in [0.2, 0.25) is 0 Å². The first-order chi connectivity index (χ1) is 10.2. The average molecular weight is 285 g/mol. The fraction of sp³-hybridized carbons (Fsp3) is 0.500. The Hall–Kier alpha value is -1.63. The van der Waals surface area contributed by atoms with Gasteiger partial charge in [-0.3, -0.25) is 4.79 Å². The van der Waals surface area contributed by atoms with Gasteiger partial charge < -0.3 is 10.4 Å². The van der Waals surface area contributed by atoms with Gasteiger partial charge in [-0.2, -0.15) is 0 Å². The molecule has 3 heteroatoms. The lowest BCUT2D eigenvalue weighted by molar-refractivity contribution is -0.140. The molecule has 2 N–H and O–H groups in total. The highest BCUT2D eigenvalue weighted by Crippen LogP contribution is 2.46. The van der Waals surface area contributed by atoms with Crippen LogP contribution in [0.1, 0.15) is 38.2 Å². The summed E-state index contributed by atoms with van der Waals surface area (Å²) >= 11 is 0. The maximum atomic E-state index is 12.5. The van der Waals surface area contributed by atoms with E-state index < -0.39 is 5.60 Å². The summed E-state index contributed by atoms with van der Waals surface area (Å²) in [5, 5.41) is 14.0. The molecule has 0 unspecified atom stereocenters. The van der Waals surface area contributed by atoms with Gasteiger partial charge in [0.15, 0.2) is 11.4 Å². The molecule has 0 bridgehead atoms. The number of carbonyl (C=O) groups excluding carboxylic acids is 1. The van der Waals surface area contributed by atoms with Crippen LogP contribution < -0.4 is 5.32 Å². The zero-order valence-electron chi connectivity index (χ0n) is 12.6. The summed E-state index contributed by atoms with van der Waals surface area (Å²) < 4.78 is 0. The second kappa shape index (κ2) is 7.40. The van der Waals surface area contributed by atoms with Gasteiger partial charge in [-0.25, -0.2) is 0 Å². The van der Waals surface area contributed by atoms with Crippen LogP contribution >= 0.6 is 0 Å². The summed E-state index contributed by atoms with van der Waals surface area (Å²) in [4.78, 5) is 12.5. The number of benzene rings is 1. The van der Waals surface area contributed by atoms with Crippen molar-refractivity contribution in [1.82, 2.24) is 5.32 Å². The van der Waals surface area contributed by atoms with Crippen molar-refractivity contribution in [2.75, 3.05) is 13.1 Å². The molecule has 3 nitrogen and oxygen atoms in total. The van der Waals surface area contributed by atoms with Gasteiger partial charge in [-0.1, -0.05) is 43.2 Å². The second-order valence-corrected chi connectivity index (χ2v) is 5.46. The summed E-state index contributed by atoms with van der Waals surface area (Å²) in [6.07, 6.45) is 2.65. The Bertz CT molecular complexity index is 525. The van der Waals surface area contributed by atoms with Crippen molar-refractivity contribution in [3.63, 3.8) is 0 Å². The molecule has 1 aliphatic rings. The first-order valence-corrected chi connectivity index (χ1v) is 7.67. The first-order valence-electron chi connectivity index (χ1n) is 7.67. The molecule has 1 aliphatic carbocycles. The Morgan fingerprint density at radius 3 is 2.67 bits per heavy atom. The van der Waals surface area contributed by atoms with E-state index >= 15 is 0 Å². The second-order valence-electron chi connectivity index (χ2n) is 5.46. The zero-order valence-corrected chi connectivity index (χ0v) is 12.6. The number of ketones is 1. The van der Waals surface area contributed by atoms with Gasteiger partial charge >= 0.3 is 0 Å². The van der Waals surface area contributed by atoms with E-state index in [1.165, 1.54) is 0 Å². The number of rotatable bonds is 7. The molecule has 1 saturated carbocycles. The van der Waals surface area contributed by atoms with Crippen LogP contribution in [0.4, 0.5) is 0 Å². The van der Waals surface area contributed by atoms with E-state index in [0.717, 1.165) is 24.9 Å². The number of Topliss-reactive ketones (excluding diaryl/α,β-unsaturated/α-hetero) is 1. The summed E-state index contributed by atoms with van der Waals surface area (Å²) in [6.45, 7) is 3.57. The third-order valence-electron chi connectivity index (χ3n) is 3.87. The van der Waals surface area contributed by atoms with E-state index in [-0.39, 0.29) is 11.7 Å². The Morgan fingerprint density at radius 2 is 2.05 bits per heavy atom. The monoisotopic (exact) mass is 285 g/mol. The quantitative estimate of drug-likeness (QED) is 0.597. The third-order valence-corrected chi connectivity index (χ3v) is 3.87. The van der Waals surface area contributed by atoms with E-state index in [9.17, 15) is 9.90 Å². The van der Waals surface area contributed by atoms with Crippen LogP contribution in [0.25, 0.3) is 0 Å². The number of nitrogens with one attached hydrogen (secondary N) is 1. The lowest BCUT2D eigenvalue weighted by Gasteiger charge is -2.27. The molecule has 0 radical (unpaired) electrons. The fourth-order valence-corrected chi connectivity index (χ4v) is 2.52. The van der Waals surface area contributed by atoms with Gasteiger partial charge in [0.05, 0.1) is 6.54 Å². The highest BCUT2D eigenvalue weighted by molar-refractivity contribution is 5.89. The minimum absolute atomic E-state index is 0.0714. The van der Waals surface area contributed by atoms with Crippen molar-refractivity contribution in [2.24, 2.45) is 5.92 Å². The molecule has 0 aromatic heterocycles. The third kappa shape index (κ3) is 3.93. The molecule has 1 aromatic rings. The van der Waals surface area contributed by atoms with Gasteiger partial charge in [-0.05, 0) is 30.9 Å². The lowest BCUT2D eigenvalue weighted by Crippen LogP contribution is -2.38. The molecule has 0 aliphatic heterocycles. The molecule has 0 heterocycles. The highest BCUT2D eigenvalue weighted by Gasteiger charge is 2.49. The molecular weight excluding hydrogens is 262 g/mol. The highest BCUT2D eigenvalue weighted by atomic mass is 16.3. The molecule has 0 amide bonds. The summed E-state index contributed by atoms with van der Waals surface area (Å²) in [6, 6.07) is 9.31. The maximum Gasteiger partial charge on any atom is 0.170 e. The molecule has 1 atom stereocenters. The van der Waals surface area contributed by atoms with Crippen LogP contribution in [0.15, 0.2) is 30.3 Å². The Labute approximate surface area is 126 Å². The Kier molecular flexibility index (Phi) is 5.55. The van der Waals surface area contributed by atoms with Gasteiger partial charge in [-0.15, -0.1) is 5.92 Å². The van der Waals surface area contributed by atoms with E-state index in [1.807, 2.05) is 37.3 Å². The minimum atomic E-state index is -1.31. The van der Waals surface area contributed by atoms with Gasteiger partial charge in [0.25, 0.3) is 0 Å². The van der Waals surface area contributed by atoms with Crippen molar-refractivity contribution >= 4 is 5.78 Å². The van der Waals surface area contributed by atoms with Crippen molar-refractivity contribution in [3.8, 4) is 11.8 Å². The van der Waals surface area contributed by atoms with E-state index in [4.69, 9.17) is 0 Å². The number of hydrogen-bond acceptors (Lipinski definition) is 3. The fourth-order valence-electron chi connectivity index (χ4n) is 2.52. The van der Waals surface area contributed by atoms with Crippen molar-refractivity contribution in [2.45, 2.75) is 38.2 Å². The summed E-state index contributed by atoms with van der Waals surface area (Å²) in [5.41, 5.74) is -0.594. The van der Waals surface area contributed by atoms with Crippen LogP contribution in [-0.2, 0) is 10.4 Å². The number of hydrogen-bond donors (Lipinski definition) is 2. The minimum Gasteiger partial charge on any atom is -0.377 e. The predicted molar refractivity (Wildman–Crippen MR) is 83.6 cm³/mol. The van der Waals surface area contributed by atoms with Gasteiger partial charge in [0.1, 0.15) is 0 Å². The van der Waals surface area contributed by atoms with Crippen LogP contribution in [0.5, 0.6) is 0 Å². The number of carbonyl (C=O) groups is 1. The smallest absolute Gasteiger partial charge is 0.170 e. The zero-order chi connectivity index (χ0) is 15.1. The van der Waals surface area contributed by atoms with Crippen molar-refractivity contribution < 1.29 is 9.90 Å². The van der Waals surface area contributed by atoms with E-state index in [1.54, 1.807) is 0 Å². The van der Waals surface area contributed by atoms with E-state index in [0.29, 0.717) is 19.4 Å². The van der Waals surface area contributed by atoms with Crippen LogP contribution in [0, 0.1) is 17.8 Å². The topological polar surface area (TPSA) is 49.3 Å².